The number of benzene rings is 3. The minimum absolute atomic E-state index is 0. The first-order valence-corrected chi connectivity index (χ1v) is 7.89. The molecule has 2 nitrogen and oxygen atoms in total. The lowest BCUT2D eigenvalue weighted by molar-refractivity contribution is 0.660. The third-order valence-corrected chi connectivity index (χ3v) is 4.97. The van der Waals surface area contributed by atoms with E-state index >= 15 is 0 Å². The predicted molar refractivity (Wildman–Crippen MR) is 105 cm³/mol. The molecule has 0 spiro atoms. The lowest BCUT2D eigenvalue weighted by Gasteiger charge is -2.22. The summed E-state index contributed by atoms with van der Waals surface area (Å²) in [7, 11) is 2.13. The van der Waals surface area contributed by atoms with Crippen LogP contribution in [0, 0.1) is 0 Å². The largest absolute Gasteiger partial charge is 0.412 e. The molecule has 0 saturated heterocycles. The Labute approximate surface area is 144 Å². The summed E-state index contributed by atoms with van der Waals surface area (Å²) in [4.78, 5) is 0. The summed E-state index contributed by atoms with van der Waals surface area (Å²) in [6, 6.07) is 24.5. The predicted octanol–water partition coefficient (Wildman–Crippen LogP) is 2.27. The van der Waals surface area contributed by atoms with E-state index in [9.17, 15) is 0 Å². The van der Waals surface area contributed by atoms with E-state index in [1.54, 1.807) is 0 Å². The lowest BCUT2D eigenvalue weighted by Crippen LogP contribution is -2.14. The SMILES string of the molecule is Bc1ccc(-c2ccc3c(c2)C(C)(C)c2ccccc2-3)cc1.O.O. The van der Waals surface area contributed by atoms with Crippen LogP contribution in [-0.4, -0.2) is 18.8 Å². The van der Waals surface area contributed by atoms with Gasteiger partial charge in [0.15, 0.2) is 0 Å². The van der Waals surface area contributed by atoms with Gasteiger partial charge in [-0.1, -0.05) is 80.0 Å². The Kier molecular flexibility index (Phi) is 4.70. The van der Waals surface area contributed by atoms with Gasteiger partial charge in [0.2, 0.25) is 0 Å². The Bertz CT molecular complexity index is 867. The average molecular weight is 318 g/mol. The molecule has 1 aliphatic carbocycles. The summed E-state index contributed by atoms with van der Waals surface area (Å²) >= 11 is 0. The summed E-state index contributed by atoms with van der Waals surface area (Å²) in [6.45, 7) is 4.66. The van der Waals surface area contributed by atoms with Crippen LogP contribution in [0.2, 0.25) is 0 Å². The molecule has 0 unspecified atom stereocenters. The van der Waals surface area contributed by atoms with E-state index < -0.39 is 0 Å². The molecule has 0 bridgehead atoms. The van der Waals surface area contributed by atoms with E-state index in [-0.39, 0.29) is 16.4 Å². The maximum absolute atomic E-state index is 2.38. The molecule has 0 aliphatic heterocycles. The molecular weight excluding hydrogens is 295 g/mol. The number of hydrogen-bond donors (Lipinski definition) is 0. The van der Waals surface area contributed by atoms with Crippen LogP contribution in [0.1, 0.15) is 25.0 Å². The first kappa shape index (κ1) is 18.0. The Morgan fingerprint density at radius 3 is 1.96 bits per heavy atom. The van der Waals surface area contributed by atoms with Crippen molar-refractivity contribution in [1.82, 2.24) is 0 Å². The second kappa shape index (κ2) is 6.27. The normalized spacial score (nSPS) is 13.2. The first-order chi connectivity index (χ1) is 10.6. The first-order valence-electron chi connectivity index (χ1n) is 7.89. The van der Waals surface area contributed by atoms with Crippen molar-refractivity contribution >= 4 is 13.3 Å². The van der Waals surface area contributed by atoms with Gasteiger partial charge in [0.25, 0.3) is 0 Å². The molecular formula is C21H23BO2. The topological polar surface area (TPSA) is 63.0 Å². The van der Waals surface area contributed by atoms with Gasteiger partial charge in [0.1, 0.15) is 7.85 Å². The molecule has 0 atom stereocenters. The second-order valence-electron chi connectivity index (χ2n) is 6.80. The molecule has 4 N–H and O–H groups in total. The van der Waals surface area contributed by atoms with Crippen LogP contribution < -0.4 is 5.46 Å². The zero-order valence-electron chi connectivity index (χ0n) is 14.4. The fourth-order valence-electron chi connectivity index (χ4n) is 3.63. The Hall–Kier alpha value is -2.36. The maximum atomic E-state index is 2.38. The molecule has 3 heteroatoms. The standard InChI is InChI=1S/C21H19B.2H2O/c1-21(2)19-6-4-3-5-17(19)18-12-9-15(13-20(18)21)14-7-10-16(22)11-8-14;;/h3-13H,22H2,1-2H3;2*1H2. The maximum Gasteiger partial charge on any atom is 0.139 e. The van der Waals surface area contributed by atoms with Crippen molar-refractivity contribution < 1.29 is 11.0 Å². The molecule has 0 fully saturated rings. The van der Waals surface area contributed by atoms with Gasteiger partial charge in [-0.2, -0.15) is 0 Å². The van der Waals surface area contributed by atoms with Gasteiger partial charge in [-0.3, -0.25) is 0 Å². The van der Waals surface area contributed by atoms with Crippen molar-refractivity contribution in [3.63, 3.8) is 0 Å². The van der Waals surface area contributed by atoms with Gasteiger partial charge in [0.05, 0.1) is 0 Å². The Morgan fingerprint density at radius 1 is 0.667 bits per heavy atom. The molecule has 0 aromatic heterocycles. The molecule has 0 saturated carbocycles. The summed E-state index contributed by atoms with van der Waals surface area (Å²) in [5, 5.41) is 0. The molecule has 3 aromatic carbocycles. The molecule has 4 rings (SSSR count). The zero-order chi connectivity index (χ0) is 15.3. The van der Waals surface area contributed by atoms with Crippen molar-refractivity contribution in [2.45, 2.75) is 19.3 Å². The van der Waals surface area contributed by atoms with Crippen molar-refractivity contribution in [1.29, 1.82) is 0 Å². The summed E-state index contributed by atoms with van der Waals surface area (Å²) in [6.07, 6.45) is 0. The van der Waals surface area contributed by atoms with Crippen LogP contribution in [0.25, 0.3) is 22.3 Å². The lowest BCUT2D eigenvalue weighted by atomic mass is 9.81. The van der Waals surface area contributed by atoms with Crippen molar-refractivity contribution in [3.8, 4) is 22.3 Å². The van der Waals surface area contributed by atoms with Crippen LogP contribution in [0.5, 0.6) is 0 Å². The molecule has 0 amide bonds. The highest BCUT2D eigenvalue weighted by molar-refractivity contribution is 6.32. The molecule has 24 heavy (non-hydrogen) atoms. The molecule has 0 heterocycles. The van der Waals surface area contributed by atoms with Crippen molar-refractivity contribution in [3.05, 3.63) is 77.9 Å². The number of fused-ring (bicyclic) bond motifs is 3. The van der Waals surface area contributed by atoms with Crippen LogP contribution in [0.15, 0.2) is 66.7 Å². The zero-order valence-corrected chi connectivity index (χ0v) is 14.4. The minimum Gasteiger partial charge on any atom is -0.412 e. The van der Waals surface area contributed by atoms with Crippen LogP contribution in [0.4, 0.5) is 0 Å². The highest BCUT2D eigenvalue weighted by atomic mass is 16.0. The summed E-state index contributed by atoms with van der Waals surface area (Å²) in [5.74, 6) is 0. The van der Waals surface area contributed by atoms with E-state index in [1.807, 2.05) is 0 Å². The van der Waals surface area contributed by atoms with Gasteiger partial charge in [-0.15, -0.1) is 0 Å². The summed E-state index contributed by atoms with van der Waals surface area (Å²) < 4.78 is 0. The van der Waals surface area contributed by atoms with E-state index in [2.05, 4.69) is 88.4 Å². The average Bonchev–Trinajstić information content (AvgIpc) is 2.77. The van der Waals surface area contributed by atoms with Gasteiger partial charge in [-0.25, -0.2) is 0 Å². The molecule has 3 aromatic rings. The van der Waals surface area contributed by atoms with E-state index in [0.717, 1.165) is 0 Å². The van der Waals surface area contributed by atoms with Crippen molar-refractivity contribution in [2.24, 2.45) is 0 Å². The number of hydrogen-bond acceptors (Lipinski definition) is 0. The van der Waals surface area contributed by atoms with E-state index in [1.165, 1.54) is 38.8 Å². The van der Waals surface area contributed by atoms with Gasteiger partial charge >= 0.3 is 0 Å². The Morgan fingerprint density at radius 2 is 1.25 bits per heavy atom. The van der Waals surface area contributed by atoms with Crippen LogP contribution in [-0.2, 0) is 5.41 Å². The molecule has 122 valence electrons. The van der Waals surface area contributed by atoms with E-state index in [0.29, 0.717) is 0 Å². The second-order valence-corrected chi connectivity index (χ2v) is 6.80. The van der Waals surface area contributed by atoms with E-state index in [4.69, 9.17) is 0 Å². The highest BCUT2D eigenvalue weighted by Gasteiger charge is 2.35. The fourth-order valence-corrected chi connectivity index (χ4v) is 3.63. The third-order valence-electron chi connectivity index (χ3n) is 4.97. The quantitative estimate of drug-likeness (QED) is 0.618. The highest BCUT2D eigenvalue weighted by Crippen LogP contribution is 2.49. The van der Waals surface area contributed by atoms with Crippen molar-refractivity contribution in [2.75, 3.05) is 0 Å². The third kappa shape index (κ3) is 2.56. The number of rotatable bonds is 1. The fraction of sp³-hybridized carbons (Fsp3) is 0.143. The molecule has 0 radical (unpaired) electrons. The van der Waals surface area contributed by atoms with Gasteiger partial charge < -0.3 is 11.0 Å². The smallest absolute Gasteiger partial charge is 0.139 e. The minimum atomic E-state index is 0. The summed E-state index contributed by atoms with van der Waals surface area (Å²) in [5.41, 5.74) is 9.62. The monoisotopic (exact) mass is 318 g/mol. The van der Waals surface area contributed by atoms with Gasteiger partial charge in [-0.05, 0) is 39.4 Å². The van der Waals surface area contributed by atoms with Gasteiger partial charge in [0, 0.05) is 5.41 Å². The Balaban J connectivity index is 0.00000104. The molecule has 1 aliphatic rings. The van der Waals surface area contributed by atoms with Crippen LogP contribution in [0.3, 0.4) is 0 Å². The van der Waals surface area contributed by atoms with Crippen LogP contribution >= 0.6 is 0 Å².